The molecule has 0 N–H and O–H groups in total. The molecule has 4 heteroatoms. The SMILES string of the molecule is CN1c2ccccc2C2CN(C(=O)OC(C)(C)C)CCC21. The van der Waals surface area contributed by atoms with Gasteiger partial charge >= 0.3 is 6.09 Å². The van der Waals surface area contributed by atoms with Crippen LogP contribution >= 0.6 is 0 Å². The summed E-state index contributed by atoms with van der Waals surface area (Å²) in [5.41, 5.74) is 2.23. The number of para-hydroxylation sites is 1. The molecule has 2 unspecified atom stereocenters. The third-order valence-corrected chi connectivity index (χ3v) is 4.44. The maximum absolute atomic E-state index is 12.3. The van der Waals surface area contributed by atoms with Crippen LogP contribution in [0.2, 0.25) is 0 Å². The first-order valence-corrected chi connectivity index (χ1v) is 7.66. The summed E-state index contributed by atoms with van der Waals surface area (Å²) in [6, 6.07) is 9.03. The van der Waals surface area contributed by atoms with Crippen molar-refractivity contribution < 1.29 is 9.53 Å². The van der Waals surface area contributed by atoms with Crippen molar-refractivity contribution in [1.29, 1.82) is 0 Å². The third kappa shape index (κ3) is 2.59. The van der Waals surface area contributed by atoms with Crippen LogP contribution in [0.5, 0.6) is 0 Å². The van der Waals surface area contributed by atoms with Gasteiger partial charge in [-0.25, -0.2) is 4.79 Å². The Morgan fingerprint density at radius 2 is 2.00 bits per heavy atom. The van der Waals surface area contributed by atoms with Crippen molar-refractivity contribution in [3.05, 3.63) is 29.8 Å². The first-order valence-electron chi connectivity index (χ1n) is 7.66. The lowest BCUT2D eigenvalue weighted by Crippen LogP contribution is -2.48. The lowest BCUT2D eigenvalue weighted by molar-refractivity contribution is 0.0190. The zero-order valence-electron chi connectivity index (χ0n) is 13.3. The second-order valence-corrected chi connectivity index (χ2v) is 7.06. The molecule has 114 valence electrons. The quantitative estimate of drug-likeness (QED) is 0.735. The fourth-order valence-electron chi connectivity index (χ4n) is 3.50. The highest BCUT2D eigenvalue weighted by molar-refractivity contribution is 5.69. The molecule has 0 saturated carbocycles. The van der Waals surface area contributed by atoms with E-state index in [2.05, 4.69) is 36.2 Å². The normalized spacial score (nSPS) is 24.6. The molecule has 0 aromatic heterocycles. The van der Waals surface area contributed by atoms with Gasteiger partial charge in [-0.3, -0.25) is 0 Å². The number of likely N-dealkylation sites (tertiary alicyclic amines) is 1. The van der Waals surface area contributed by atoms with E-state index < -0.39 is 5.60 Å². The van der Waals surface area contributed by atoms with Crippen molar-refractivity contribution in [1.82, 2.24) is 4.90 Å². The molecule has 3 rings (SSSR count). The average molecular weight is 288 g/mol. The standard InChI is InChI=1S/C17H24N2O2/c1-17(2,3)21-16(20)19-10-9-15-13(11-19)12-7-5-6-8-14(12)18(15)4/h5-8,13,15H,9-11H2,1-4H3. The maximum Gasteiger partial charge on any atom is 0.410 e. The Labute approximate surface area is 126 Å². The fraction of sp³-hybridized carbons (Fsp3) is 0.588. The van der Waals surface area contributed by atoms with Crippen molar-refractivity contribution in [3.63, 3.8) is 0 Å². The molecule has 2 aliphatic heterocycles. The summed E-state index contributed by atoms with van der Waals surface area (Å²) in [6.07, 6.45) is 0.808. The van der Waals surface area contributed by atoms with Gasteiger partial charge in [0.05, 0.1) is 0 Å². The van der Waals surface area contributed by atoms with Crippen LogP contribution in [0.15, 0.2) is 24.3 Å². The zero-order valence-corrected chi connectivity index (χ0v) is 13.3. The number of nitrogens with zero attached hydrogens (tertiary/aromatic N) is 2. The predicted molar refractivity (Wildman–Crippen MR) is 83.8 cm³/mol. The Morgan fingerprint density at radius 3 is 2.71 bits per heavy atom. The molecular formula is C17H24N2O2. The summed E-state index contributed by atoms with van der Waals surface area (Å²) in [4.78, 5) is 16.5. The minimum absolute atomic E-state index is 0.187. The number of likely N-dealkylation sites (N-methyl/N-ethyl adjacent to an activating group) is 1. The minimum Gasteiger partial charge on any atom is -0.444 e. The Bertz CT molecular complexity index is 550. The Kier molecular flexibility index (Phi) is 3.34. The number of hydrogen-bond donors (Lipinski definition) is 0. The summed E-state index contributed by atoms with van der Waals surface area (Å²) in [5.74, 6) is 0.396. The van der Waals surface area contributed by atoms with Gasteiger partial charge in [0.25, 0.3) is 0 Å². The number of benzene rings is 1. The van der Waals surface area contributed by atoms with Crippen LogP contribution in [0.4, 0.5) is 10.5 Å². The van der Waals surface area contributed by atoms with Gasteiger partial charge in [0.15, 0.2) is 0 Å². The molecule has 0 spiro atoms. The fourth-order valence-corrected chi connectivity index (χ4v) is 3.50. The zero-order chi connectivity index (χ0) is 15.2. The average Bonchev–Trinajstić information content (AvgIpc) is 2.71. The van der Waals surface area contributed by atoms with Gasteiger partial charge in [-0.05, 0) is 38.8 Å². The Balaban J connectivity index is 1.78. The van der Waals surface area contributed by atoms with Crippen LogP contribution in [-0.4, -0.2) is 42.8 Å². The maximum atomic E-state index is 12.3. The second-order valence-electron chi connectivity index (χ2n) is 7.06. The van der Waals surface area contributed by atoms with E-state index in [1.807, 2.05) is 25.7 Å². The van der Waals surface area contributed by atoms with Crippen LogP contribution in [0.1, 0.15) is 38.7 Å². The molecule has 1 fully saturated rings. The monoisotopic (exact) mass is 288 g/mol. The lowest BCUT2D eigenvalue weighted by Gasteiger charge is -2.38. The van der Waals surface area contributed by atoms with Gasteiger partial charge in [-0.2, -0.15) is 0 Å². The van der Waals surface area contributed by atoms with Gasteiger partial charge in [0.2, 0.25) is 0 Å². The number of carbonyl (C=O) groups excluding carboxylic acids is 1. The second kappa shape index (κ2) is 4.93. The van der Waals surface area contributed by atoms with E-state index >= 15 is 0 Å². The van der Waals surface area contributed by atoms with Crippen molar-refractivity contribution in [2.75, 3.05) is 25.0 Å². The molecular weight excluding hydrogens is 264 g/mol. The van der Waals surface area contributed by atoms with Crippen LogP contribution in [0.25, 0.3) is 0 Å². The first-order chi connectivity index (χ1) is 9.87. The molecule has 4 nitrogen and oxygen atoms in total. The molecule has 2 atom stereocenters. The summed E-state index contributed by atoms with van der Waals surface area (Å²) in [7, 11) is 2.16. The van der Waals surface area contributed by atoms with E-state index in [1.54, 1.807) is 0 Å². The highest BCUT2D eigenvalue weighted by Gasteiger charge is 2.41. The number of ether oxygens (including phenoxy) is 1. The topological polar surface area (TPSA) is 32.8 Å². The van der Waals surface area contributed by atoms with E-state index in [0.29, 0.717) is 12.0 Å². The van der Waals surface area contributed by atoms with E-state index in [1.165, 1.54) is 11.3 Å². The van der Waals surface area contributed by atoms with Crippen LogP contribution in [-0.2, 0) is 4.74 Å². The predicted octanol–water partition coefficient (Wildman–Crippen LogP) is 3.23. The molecule has 0 radical (unpaired) electrons. The number of piperidine rings is 1. The number of hydrogen-bond acceptors (Lipinski definition) is 3. The van der Waals surface area contributed by atoms with E-state index in [4.69, 9.17) is 4.74 Å². The largest absolute Gasteiger partial charge is 0.444 e. The molecule has 1 saturated heterocycles. The number of carbonyl (C=O) groups is 1. The summed E-state index contributed by atoms with van der Waals surface area (Å²) in [6.45, 7) is 7.26. The molecule has 0 aliphatic carbocycles. The number of amides is 1. The van der Waals surface area contributed by atoms with Crippen LogP contribution < -0.4 is 4.90 Å². The van der Waals surface area contributed by atoms with Crippen LogP contribution in [0.3, 0.4) is 0 Å². The molecule has 1 aromatic carbocycles. The molecule has 2 heterocycles. The smallest absolute Gasteiger partial charge is 0.410 e. The van der Waals surface area contributed by atoms with Crippen molar-refractivity contribution in [3.8, 4) is 0 Å². The number of rotatable bonds is 0. The van der Waals surface area contributed by atoms with Gasteiger partial charge in [-0.15, -0.1) is 0 Å². The Morgan fingerprint density at radius 1 is 1.29 bits per heavy atom. The van der Waals surface area contributed by atoms with Gasteiger partial charge < -0.3 is 14.5 Å². The molecule has 2 aliphatic rings. The van der Waals surface area contributed by atoms with Gasteiger partial charge in [0, 0.05) is 37.8 Å². The van der Waals surface area contributed by atoms with Crippen molar-refractivity contribution in [2.24, 2.45) is 0 Å². The highest BCUT2D eigenvalue weighted by Crippen LogP contribution is 2.43. The van der Waals surface area contributed by atoms with E-state index in [0.717, 1.165) is 19.5 Å². The van der Waals surface area contributed by atoms with Crippen LogP contribution in [0, 0.1) is 0 Å². The number of fused-ring (bicyclic) bond motifs is 3. The van der Waals surface area contributed by atoms with Gasteiger partial charge in [-0.1, -0.05) is 18.2 Å². The van der Waals surface area contributed by atoms with Crippen molar-refractivity contribution >= 4 is 11.8 Å². The van der Waals surface area contributed by atoms with E-state index in [9.17, 15) is 4.79 Å². The summed E-state index contributed by atoms with van der Waals surface area (Å²) >= 11 is 0. The molecule has 1 aromatic rings. The molecule has 21 heavy (non-hydrogen) atoms. The summed E-state index contributed by atoms with van der Waals surface area (Å²) < 4.78 is 5.51. The summed E-state index contributed by atoms with van der Waals surface area (Å²) in [5, 5.41) is 0. The van der Waals surface area contributed by atoms with E-state index in [-0.39, 0.29) is 6.09 Å². The first kappa shape index (κ1) is 14.2. The molecule has 0 bridgehead atoms. The lowest BCUT2D eigenvalue weighted by atomic mass is 9.89. The third-order valence-electron chi connectivity index (χ3n) is 4.44. The molecule has 1 amide bonds. The Hall–Kier alpha value is -1.71. The van der Waals surface area contributed by atoms with Crippen molar-refractivity contribution in [2.45, 2.75) is 44.8 Å². The number of anilines is 1. The highest BCUT2D eigenvalue weighted by atomic mass is 16.6. The van der Waals surface area contributed by atoms with Gasteiger partial charge in [0.1, 0.15) is 5.60 Å². The minimum atomic E-state index is -0.432.